The SMILES string of the molecule is COc1ccccc1N1CCN(C(=O)c2cnn(-c3nccc(-c4ccco4)n3)c2C(C)C)CC1. The van der Waals surface area contributed by atoms with Crippen LogP contribution in [-0.2, 0) is 0 Å². The molecule has 0 atom stereocenters. The average Bonchev–Trinajstić information content (AvgIpc) is 3.59. The molecule has 1 amide bonds. The van der Waals surface area contributed by atoms with Crippen molar-refractivity contribution >= 4 is 11.6 Å². The first kappa shape index (κ1) is 22.6. The van der Waals surface area contributed by atoms with Crippen molar-refractivity contribution in [2.45, 2.75) is 19.8 Å². The second-order valence-electron chi connectivity index (χ2n) is 8.68. The summed E-state index contributed by atoms with van der Waals surface area (Å²) in [4.78, 5) is 26.7. The molecule has 0 saturated carbocycles. The van der Waals surface area contributed by atoms with Crippen LogP contribution < -0.4 is 9.64 Å². The highest BCUT2D eigenvalue weighted by molar-refractivity contribution is 5.95. The summed E-state index contributed by atoms with van der Waals surface area (Å²) >= 11 is 0. The second kappa shape index (κ2) is 9.61. The predicted molar refractivity (Wildman–Crippen MR) is 132 cm³/mol. The molecule has 1 aromatic carbocycles. The third-order valence-corrected chi connectivity index (χ3v) is 6.18. The third kappa shape index (κ3) is 4.37. The van der Waals surface area contributed by atoms with Crippen LogP contribution in [0.4, 0.5) is 5.69 Å². The van der Waals surface area contributed by atoms with E-state index in [4.69, 9.17) is 9.15 Å². The Kier molecular flexibility index (Phi) is 6.22. The van der Waals surface area contributed by atoms with Crippen molar-refractivity contribution in [3.05, 3.63) is 72.4 Å². The number of furan rings is 1. The number of rotatable bonds is 6. The number of aromatic nitrogens is 4. The smallest absolute Gasteiger partial charge is 0.257 e. The fourth-order valence-electron chi connectivity index (χ4n) is 4.46. The van der Waals surface area contributed by atoms with Crippen LogP contribution in [0.15, 0.2) is 65.5 Å². The van der Waals surface area contributed by atoms with E-state index in [9.17, 15) is 4.79 Å². The van der Waals surface area contributed by atoms with Gasteiger partial charge in [-0.1, -0.05) is 26.0 Å². The second-order valence-corrected chi connectivity index (χ2v) is 8.68. The number of nitrogens with zero attached hydrogens (tertiary/aromatic N) is 6. The minimum atomic E-state index is -0.0261. The van der Waals surface area contributed by atoms with Crippen LogP contribution in [0.1, 0.15) is 35.8 Å². The van der Waals surface area contributed by atoms with E-state index in [0.29, 0.717) is 36.1 Å². The van der Waals surface area contributed by atoms with Crippen LogP contribution in [0.25, 0.3) is 17.4 Å². The predicted octanol–water partition coefficient (Wildman–Crippen LogP) is 4.02. The highest BCUT2D eigenvalue weighted by Gasteiger charge is 2.29. The molecule has 0 unspecified atom stereocenters. The topological polar surface area (TPSA) is 89.5 Å². The first-order valence-corrected chi connectivity index (χ1v) is 11.7. The maximum absolute atomic E-state index is 13.6. The Labute approximate surface area is 204 Å². The van der Waals surface area contributed by atoms with Gasteiger partial charge in [0.1, 0.15) is 11.4 Å². The molecule has 0 radical (unpaired) electrons. The average molecular weight is 473 g/mol. The molecule has 180 valence electrons. The lowest BCUT2D eigenvalue weighted by atomic mass is 10.0. The molecule has 0 N–H and O–H groups in total. The number of hydrogen-bond donors (Lipinski definition) is 0. The highest BCUT2D eigenvalue weighted by atomic mass is 16.5. The number of anilines is 1. The maximum Gasteiger partial charge on any atom is 0.257 e. The van der Waals surface area contributed by atoms with Gasteiger partial charge < -0.3 is 19.0 Å². The molecule has 4 heterocycles. The number of methoxy groups -OCH3 is 1. The number of para-hydroxylation sites is 2. The Morgan fingerprint density at radius 1 is 1.06 bits per heavy atom. The van der Waals surface area contributed by atoms with Crippen molar-refractivity contribution < 1.29 is 13.9 Å². The first-order chi connectivity index (χ1) is 17.1. The lowest BCUT2D eigenvalue weighted by Gasteiger charge is -2.36. The molecular weight excluding hydrogens is 444 g/mol. The summed E-state index contributed by atoms with van der Waals surface area (Å²) in [6, 6.07) is 13.4. The van der Waals surface area contributed by atoms with E-state index in [1.807, 2.05) is 55.1 Å². The standard InChI is InChI=1S/C26H28N6O3/c1-18(2)24-19(17-28-32(24)26-27-11-10-20(29-26)22-9-6-16-35-22)25(33)31-14-12-30(13-15-31)21-7-4-5-8-23(21)34-3/h4-11,16-18H,12-15H2,1-3H3. The van der Waals surface area contributed by atoms with Crippen LogP contribution in [0, 0.1) is 0 Å². The number of carbonyl (C=O) groups is 1. The summed E-state index contributed by atoms with van der Waals surface area (Å²) in [6.07, 6.45) is 4.91. The zero-order valence-electron chi connectivity index (χ0n) is 20.1. The lowest BCUT2D eigenvalue weighted by Crippen LogP contribution is -2.49. The number of amides is 1. The third-order valence-electron chi connectivity index (χ3n) is 6.18. The monoisotopic (exact) mass is 472 g/mol. The van der Waals surface area contributed by atoms with Crippen molar-refractivity contribution in [3.63, 3.8) is 0 Å². The van der Waals surface area contributed by atoms with Gasteiger partial charge in [-0.2, -0.15) is 5.10 Å². The molecule has 0 spiro atoms. The number of piperazine rings is 1. The van der Waals surface area contributed by atoms with Crippen LogP contribution in [-0.4, -0.2) is 63.8 Å². The number of hydrogen-bond acceptors (Lipinski definition) is 7. The van der Waals surface area contributed by atoms with Gasteiger partial charge in [0.25, 0.3) is 11.9 Å². The molecule has 1 aliphatic heterocycles. The minimum Gasteiger partial charge on any atom is -0.495 e. The molecule has 1 fully saturated rings. The highest BCUT2D eigenvalue weighted by Crippen LogP contribution is 2.29. The van der Waals surface area contributed by atoms with Gasteiger partial charge in [-0.25, -0.2) is 14.6 Å². The van der Waals surface area contributed by atoms with Crippen molar-refractivity contribution in [1.82, 2.24) is 24.6 Å². The zero-order valence-corrected chi connectivity index (χ0v) is 20.1. The molecule has 35 heavy (non-hydrogen) atoms. The van der Waals surface area contributed by atoms with E-state index >= 15 is 0 Å². The molecule has 9 nitrogen and oxygen atoms in total. The van der Waals surface area contributed by atoms with Gasteiger partial charge in [-0.15, -0.1) is 0 Å². The van der Waals surface area contributed by atoms with Crippen molar-refractivity contribution in [2.24, 2.45) is 0 Å². The maximum atomic E-state index is 13.6. The van der Waals surface area contributed by atoms with Crippen LogP contribution >= 0.6 is 0 Å². The van der Waals surface area contributed by atoms with Gasteiger partial charge >= 0.3 is 0 Å². The van der Waals surface area contributed by atoms with Gasteiger partial charge in [0, 0.05) is 32.4 Å². The normalized spacial score (nSPS) is 13.9. The Morgan fingerprint density at radius 3 is 2.57 bits per heavy atom. The van der Waals surface area contributed by atoms with Crippen molar-refractivity contribution in [3.8, 4) is 23.2 Å². The molecule has 0 aliphatic carbocycles. The van der Waals surface area contributed by atoms with Gasteiger partial charge in [-0.3, -0.25) is 4.79 Å². The summed E-state index contributed by atoms with van der Waals surface area (Å²) < 4.78 is 12.6. The molecule has 9 heteroatoms. The zero-order chi connectivity index (χ0) is 24.4. The molecule has 1 saturated heterocycles. The Morgan fingerprint density at radius 2 is 1.86 bits per heavy atom. The van der Waals surface area contributed by atoms with Gasteiger partial charge in [0.2, 0.25) is 0 Å². The Balaban J connectivity index is 1.38. The largest absolute Gasteiger partial charge is 0.495 e. The molecule has 4 aromatic rings. The first-order valence-electron chi connectivity index (χ1n) is 11.7. The van der Waals surface area contributed by atoms with Gasteiger partial charge in [-0.05, 0) is 36.2 Å². The summed E-state index contributed by atoms with van der Waals surface area (Å²) in [5, 5.41) is 4.52. The number of carbonyl (C=O) groups excluding carboxylic acids is 1. The molecular formula is C26H28N6O3. The van der Waals surface area contributed by atoms with E-state index in [-0.39, 0.29) is 11.8 Å². The summed E-state index contributed by atoms with van der Waals surface area (Å²) in [5.41, 5.74) is 3.08. The van der Waals surface area contributed by atoms with Crippen LogP contribution in [0.2, 0.25) is 0 Å². The van der Waals surface area contributed by atoms with E-state index < -0.39 is 0 Å². The fourth-order valence-corrected chi connectivity index (χ4v) is 4.46. The van der Waals surface area contributed by atoms with Crippen LogP contribution in [0.5, 0.6) is 5.75 Å². The quantitative estimate of drug-likeness (QED) is 0.419. The minimum absolute atomic E-state index is 0.0261. The van der Waals surface area contributed by atoms with E-state index in [0.717, 1.165) is 30.2 Å². The summed E-state index contributed by atoms with van der Waals surface area (Å²) in [5.74, 6) is 1.91. The molecule has 0 bridgehead atoms. The fraction of sp³-hybridized carbons (Fsp3) is 0.308. The van der Waals surface area contributed by atoms with Crippen molar-refractivity contribution in [1.29, 1.82) is 0 Å². The van der Waals surface area contributed by atoms with Gasteiger partial charge in [0.05, 0.1) is 36.5 Å². The Hall–Kier alpha value is -4.14. The molecule has 5 rings (SSSR count). The summed E-state index contributed by atoms with van der Waals surface area (Å²) in [6.45, 7) is 6.77. The lowest BCUT2D eigenvalue weighted by molar-refractivity contribution is 0.0745. The van der Waals surface area contributed by atoms with E-state index in [2.05, 4.69) is 20.0 Å². The molecule has 3 aromatic heterocycles. The number of ether oxygens (including phenoxy) is 1. The van der Waals surface area contributed by atoms with E-state index in [1.165, 1.54) is 0 Å². The van der Waals surface area contributed by atoms with Crippen molar-refractivity contribution in [2.75, 3.05) is 38.2 Å². The Bertz CT molecular complexity index is 1310. The summed E-state index contributed by atoms with van der Waals surface area (Å²) in [7, 11) is 1.68. The van der Waals surface area contributed by atoms with E-state index in [1.54, 1.807) is 36.5 Å². The van der Waals surface area contributed by atoms with Crippen LogP contribution in [0.3, 0.4) is 0 Å². The number of benzene rings is 1. The molecule has 1 aliphatic rings. The van der Waals surface area contributed by atoms with Gasteiger partial charge in [0.15, 0.2) is 5.76 Å².